The van der Waals surface area contributed by atoms with Crippen LogP contribution in [0.1, 0.15) is 53.7 Å². The molecule has 2 N–H and O–H groups in total. The maximum atomic E-state index is 13.9. The Balaban J connectivity index is 1.52. The van der Waals surface area contributed by atoms with Crippen molar-refractivity contribution in [3.05, 3.63) is 82.2 Å². The predicted molar refractivity (Wildman–Crippen MR) is 142 cm³/mol. The van der Waals surface area contributed by atoms with Gasteiger partial charge in [0, 0.05) is 35.3 Å². The van der Waals surface area contributed by atoms with Crippen LogP contribution in [0.25, 0.3) is 10.9 Å². The molecule has 0 spiro atoms. The maximum Gasteiger partial charge on any atom is 0.273 e. The lowest BCUT2D eigenvalue weighted by atomic mass is 10.1. The van der Waals surface area contributed by atoms with E-state index in [-0.39, 0.29) is 23.4 Å². The van der Waals surface area contributed by atoms with Crippen LogP contribution in [-0.4, -0.2) is 30.7 Å². The number of nitrogens with zero attached hydrogens (tertiary/aromatic N) is 2. The molecule has 0 unspecified atom stereocenters. The molecule has 0 aliphatic heterocycles. The topological polar surface area (TPSA) is 94.7 Å². The Morgan fingerprint density at radius 2 is 1.86 bits per heavy atom. The number of nitrogens with one attached hydrogen (secondary N) is 2. The number of halogens is 2. The second kappa shape index (κ2) is 11.1. The van der Waals surface area contributed by atoms with E-state index in [2.05, 4.69) is 42.3 Å². The molecule has 9 heteroatoms. The molecule has 0 fully saturated rings. The Bertz CT molecular complexity index is 1460. The SMILES string of the molecule is CC[Si](CC)(CC)c1[nH]c2ccc(C#N)cc2c1CCNC(=O)c1cc(Cc2cc(F)ccc2F)on1. The van der Waals surface area contributed by atoms with Gasteiger partial charge in [-0.2, -0.15) is 5.26 Å². The molecule has 2 aromatic carbocycles. The normalized spacial score (nSPS) is 11.6. The molecule has 2 aromatic heterocycles. The fourth-order valence-corrected chi connectivity index (χ4v) is 8.93. The average molecular weight is 521 g/mol. The van der Waals surface area contributed by atoms with Crippen LogP contribution >= 0.6 is 0 Å². The molecule has 2 heterocycles. The highest BCUT2D eigenvalue weighted by Crippen LogP contribution is 2.27. The van der Waals surface area contributed by atoms with E-state index in [9.17, 15) is 18.8 Å². The number of nitriles is 1. The number of fused-ring (bicyclic) bond motifs is 1. The molecule has 4 aromatic rings. The van der Waals surface area contributed by atoms with Crippen LogP contribution in [0.2, 0.25) is 18.1 Å². The van der Waals surface area contributed by atoms with Crippen molar-refractivity contribution in [1.29, 1.82) is 5.26 Å². The molecule has 192 valence electrons. The van der Waals surface area contributed by atoms with E-state index in [1.54, 1.807) is 0 Å². The number of rotatable bonds is 10. The molecule has 0 atom stereocenters. The van der Waals surface area contributed by atoms with Gasteiger partial charge in [-0.1, -0.05) is 44.1 Å². The van der Waals surface area contributed by atoms with Crippen molar-refractivity contribution in [3.8, 4) is 6.07 Å². The molecule has 0 aliphatic rings. The van der Waals surface area contributed by atoms with Gasteiger partial charge in [-0.25, -0.2) is 8.78 Å². The summed E-state index contributed by atoms with van der Waals surface area (Å²) in [5, 5.41) is 18.5. The molecular weight excluding hydrogens is 490 g/mol. The van der Waals surface area contributed by atoms with Gasteiger partial charge in [0.25, 0.3) is 5.91 Å². The first-order chi connectivity index (χ1) is 17.8. The van der Waals surface area contributed by atoms with Crippen LogP contribution < -0.4 is 10.6 Å². The molecule has 0 aliphatic carbocycles. The second-order valence-corrected chi connectivity index (χ2v) is 14.5. The van der Waals surface area contributed by atoms with E-state index in [1.807, 2.05) is 18.2 Å². The van der Waals surface area contributed by atoms with Crippen molar-refractivity contribution in [2.24, 2.45) is 0 Å². The summed E-state index contributed by atoms with van der Waals surface area (Å²) in [4.78, 5) is 16.4. The first kappa shape index (κ1) is 26.3. The molecule has 0 saturated carbocycles. The third-order valence-corrected chi connectivity index (χ3v) is 13.0. The predicted octanol–water partition coefficient (Wildman–Crippen LogP) is 5.58. The van der Waals surface area contributed by atoms with Gasteiger partial charge >= 0.3 is 0 Å². The summed E-state index contributed by atoms with van der Waals surface area (Å²) < 4.78 is 32.6. The first-order valence-corrected chi connectivity index (χ1v) is 15.2. The van der Waals surface area contributed by atoms with E-state index in [0.717, 1.165) is 52.8 Å². The number of H-pyrrole nitrogens is 1. The third-order valence-electron chi connectivity index (χ3n) is 7.42. The average Bonchev–Trinajstić information content (AvgIpc) is 3.52. The van der Waals surface area contributed by atoms with Crippen molar-refractivity contribution in [2.45, 2.75) is 51.7 Å². The van der Waals surface area contributed by atoms with Gasteiger partial charge in [-0.15, -0.1) is 0 Å². The van der Waals surface area contributed by atoms with Crippen LogP contribution in [0.15, 0.2) is 47.0 Å². The van der Waals surface area contributed by atoms with Crippen LogP contribution in [0.3, 0.4) is 0 Å². The maximum absolute atomic E-state index is 13.9. The summed E-state index contributed by atoms with van der Waals surface area (Å²) in [5.41, 5.74) is 2.98. The molecule has 0 radical (unpaired) electrons. The summed E-state index contributed by atoms with van der Waals surface area (Å²) in [6.07, 6.45) is 0.589. The van der Waals surface area contributed by atoms with Crippen LogP contribution in [0.5, 0.6) is 0 Å². The molecule has 1 amide bonds. The number of amides is 1. The van der Waals surface area contributed by atoms with Crippen LogP contribution in [0, 0.1) is 23.0 Å². The third kappa shape index (κ3) is 5.34. The lowest BCUT2D eigenvalue weighted by molar-refractivity contribution is 0.0945. The number of carbonyl (C=O) groups is 1. The van der Waals surface area contributed by atoms with Gasteiger partial charge in [-0.3, -0.25) is 4.79 Å². The van der Waals surface area contributed by atoms with E-state index < -0.39 is 25.6 Å². The van der Waals surface area contributed by atoms with Gasteiger partial charge in [0.05, 0.1) is 11.6 Å². The largest absolute Gasteiger partial charge is 0.362 e. The smallest absolute Gasteiger partial charge is 0.273 e. The highest BCUT2D eigenvalue weighted by atomic mass is 28.3. The Kier molecular flexibility index (Phi) is 7.88. The second-order valence-electron chi connectivity index (χ2n) is 9.29. The minimum absolute atomic E-state index is 0.0123. The molecule has 37 heavy (non-hydrogen) atoms. The lowest BCUT2D eigenvalue weighted by Crippen LogP contribution is -2.48. The molecule has 6 nitrogen and oxygen atoms in total. The Labute approximate surface area is 215 Å². The number of hydrogen-bond acceptors (Lipinski definition) is 4. The standard InChI is InChI=1S/C28H30F2N4O2Si/c1-4-37(5-2,6-3)28-22(23-13-18(17-31)7-10-25(23)33-28)11-12-32-27(35)26-16-21(36-34-26)15-19-14-20(29)8-9-24(19)30/h7-10,13-14,16,33H,4-6,11-12,15H2,1-3H3,(H,32,35). The van der Waals surface area contributed by atoms with Gasteiger partial charge in [0.1, 0.15) is 25.5 Å². The Morgan fingerprint density at radius 1 is 1.11 bits per heavy atom. The van der Waals surface area contributed by atoms with E-state index in [1.165, 1.54) is 11.4 Å². The van der Waals surface area contributed by atoms with Crippen molar-refractivity contribution in [2.75, 3.05) is 6.54 Å². The highest BCUT2D eigenvalue weighted by Gasteiger charge is 2.34. The van der Waals surface area contributed by atoms with Gasteiger partial charge in [-0.05, 0) is 53.9 Å². The minimum Gasteiger partial charge on any atom is -0.362 e. The molecule has 0 saturated heterocycles. The van der Waals surface area contributed by atoms with Crippen LogP contribution in [-0.2, 0) is 12.8 Å². The highest BCUT2D eigenvalue weighted by molar-refractivity contribution is 6.91. The summed E-state index contributed by atoms with van der Waals surface area (Å²) >= 11 is 0. The van der Waals surface area contributed by atoms with Gasteiger partial charge < -0.3 is 14.8 Å². The van der Waals surface area contributed by atoms with Crippen molar-refractivity contribution in [1.82, 2.24) is 15.5 Å². The summed E-state index contributed by atoms with van der Waals surface area (Å²) in [5.74, 6) is -1.24. The molecule has 4 rings (SSSR count). The number of hydrogen-bond donors (Lipinski definition) is 2. The van der Waals surface area contributed by atoms with E-state index in [0.29, 0.717) is 18.5 Å². The number of aromatic amines is 1. The fraction of sp³-hybridized carbons (Fsp3) is 0.321. The van der Waals surface area contributed by atoms with E-state index >= 15 is 0 Å². The number of carbonyl (C=O) groups excluding carboxylic acids is 1. The summed E-state index contributed by atoms with van der Waals surface area (Å²) in [6, 6.07) is 15.9. The zero-order chi connectivity index (χ0) is 26.6. The fourth-order valence-electron chi connectivity index (χ4n) is 5.07. The zero-order valence-corrected chi connectivity index (χ0v) is 22.3. The first-order valence-electron chi connectivity index (χ1n) is 12.6. The minimum atomic E-state index is -1.77. The number of aromatic nitrogens is 2. The summed E-state index contributed by atoms with van der Waals surface area (Å²) in [6.45, 7) is 7.11. The lowest BCUT2D eigenvalue weighted by Gasteiger charge is -2.28. The quantitative estimate of drug-likeness (QED) is 0.267. The van der Waals surface area contributed by atoms with Crippen molar-refractivity contribution >= 4 is 30.2 Å². The Hall–Kier alpha value is -3.77. The Morgan fingerprint density at radius 3 is 2.57 bits per heavy atom. The van der Waals surface area contributed by atoms with Crippen molar-refractivity contribution < 1.29 is 18.1 Å². The van der Waals surface area contributed by atoms with E-state index in [4.69, 9.17) is 4.52 Å². The monoisotopic (exact) mass is 520 g/mol. The van der Waals surface area contributed by atoms with Crippen molar-refractivity contribution in [3.63, 3.8) is 0 Å². The molecular formula is C28H30F2N4O2Si. The molecule has 0 bridgehead atoms. The zero-order valence-electron chi connectivity index (χ0n) is 21.3. The van der Waals surface area contributed by atoms with Crippen LogP contribution in [0.4, 0.5) is 8.78 Å². The summed E-state index contributed by atoms with van der Waals surface area (Å²) in [7, 11) is -1.77. The van der Waals surface area contributed by atoms with Gasteiger partial charge in [0.15, 0.2) is 5.69 Å². The number of benzene rings is 2. The van der Waals surface area contributed by atoms with Gasteiger partial charge in [0.2, 0.25) is 0 Å².